The molecule has 1 fully saturated rings. The van der Waals surface area contributed by atoms with Crippen LogP contribution >= 0.6 is 23.2 Å². The maximum absolute atomic E-state index is 13.5. The average Bonchev–Trinajstić information content (AvgIpc) is 3.43. The SMILES string of the molecule is O=C(Nc1nn(Cc2ccc(Cl)cc2)cc1Cl)c1cc2nc(C3CC3)cc(C(F)F)n2n1. The molecule has 3 aromatic heterocycles. The van der Waals surface area contributed by atoms with Gasteiger partial charge in [0.2, 0.25) is 0 Å². The van der Waals surface area contributed by atoms with Crippen LogP contribution in [-0.4, -0.2) is 30.3 Å². The Morgan fingerprint density at radius 1 is 1.16 bits per heavy atom. The van der Waals surface area contributed by atoms with Crippen LogP contribution in [0.5, 0.6) is 0 Å². The molecule has 0 aliphatic heterocycles. The molecule has 1 aliphatic rings. The summed E-state index contributed by atoms with van der Waals surface area (Å²) in [5.74, 6) is -0.293. The number of benzene rings is 1. The van der Waals surface area contributed by atoms with E-state index in [0.717, 1.165) is 22.9 Å². The Bertz CT molecular complexity index is 1310. The zero-order valence-corrected chi connectivity index (χ0v) is 18.0. The number of nitrogens with one attached hydrogen (secondary N) is 1. The number of hydrogen-bond acceptors (Lipinski definition) is 4. The predicted octanol–water partition coefficient (Wildman–Crippen LogP) is 5.35. The van der Waals surface area contributed by atoms with Crippen molar-refractivity contribution in [2.45, 2.75) is 31.7 Å². The molecular weight excluding hydrogens is 461 g/mol. The van der Waals surface area contributed by atoms with E-state index in [2.05, 4.69) is 20.5 Å². The van der Waals surface area contributed by atoms with E-state index in [1.165, 1.54) is 12.1 Å². The first-order chi connectivity index (χ1) is 15.4. The summed E-state index contributed by atoms with van der Waals surface area (Å²) < 4.78 is 29.7. The van der Waals surface area contributed by atoms with Crippen LogP contribution in [0.4, 0.5) is 14.6 Å². The molecule has 4 aromatic rings. The number of aromatic nitrogens is 5. The molecule has 32 heavy (non-hydrogen) atoms. The van der Waals surface area contributed by atoms with Gasteiger partial charge in [0.05, 0.1) is 6.54 Å². The van der Waals surface area contributed by atoms with Crippen LogP contribution in [0.3, 0.4) is 0 Å². The molecule has 3 heterocycles. The van der Waals surface area contributed by atoms with Crippen LogP contribution in [0.25, 0.3) is 5.65 Å². The largest absolute Gasteiger partial charge is 0.302 e. The molecule has 1 aromatic carbocycles. The summed E-state index contributed by atoms with van der Waals surface area (Å²) in [6.07, 6.45) is 0.676. The molecule has 1 amide bonds. The minimum atomic E-state index is -2.74. The van der Waals surface area contributed by atoms with Crippen LogP contribution in [0.2, 0.25) is 10.0 Å². The van der Waals surface area contributed by atoms with Gasteiger partial charge in [0.25, 0.3) is 12.3 Å². The van der Waals surface area contributed by atoms with Crippen molar-refractivity contribution in [2.24, 2.45) is 0 Å². The highest BCUT2D eigenvalue weighted by Crippen LogP contribution is 2.40. The lowest BCUT2D eigenvalue weighted by molar-refractivity contribution is 0.102. The number of halogens is 4. The number of amides is 1. The minimum Gasteiger partial charge on any atom is -0.302 e. The number of nitrogens with zero attached hydrogens (tertiary/aromatic N) is 5. The van der Waals surface area contributed by atoms with Gasteiger partial charge in [0.15, 0.2) is 17.2 Å². The van der Waals surface area contributed by atoms with Crippen molar-refractivity contribution >= 4 is 40.6 Å². The molecule has 0 unspecified atom stereocenters. The molecule has 0 atom stereocenters. The van der Waals surface area contributed by atoms with Crippen LogP contribution in [0, 0.1) is 0 Å². The maximum Gasteiger partial charge on any atom is 0.280 e. The fourth-order valence-corrected chi connectivity index (χ4v) is 3.71. The van der Waals surface area contributed by atoms with E-state index in [-0.39, 0.29) is 33.8 Å². The molecule has 1 aliphatic carbocycles. The molecule has 7 nitrogen and oxygen atoms in total. The lowest BCUT2D eigenvalue weighted by Crippen LogP contribution is -2.14. The molecule has 0 saturated heterocycles. The second-order valence-electron chi connectivity index (χ2n) is 7.58. The smallest absolute Gasteiger partial charge is 0.280 e. The fraction of sp³-hybridized carbons (Fsp3) is 0.238. The van der Waals surface area contributed by atoms with Crippen molar-refractivity contribution in [3.8, 4) is 0 Å². The quantitative estimate of drug-likeness (QED) is 0.406. The van der Waals surface area contributed by atoms with Gasteiger partial charge < -0.3 is 5.32 Å². The Morgan fingerprint density at radius 2 is 1.91 bits per heavy atom. The third kappa shape index (κ3) is 4.18. The summed E-state index contributed by atoms with van der Waals surface area (Å²) >= 11 is 12.1. The topological polar surface area (TPSA) is 77.1 Å². The number of alkyl halides is 2. The normalized spacial score (nSPS) is 13.8. The lowest BCUT2D eigenvalue weighted by Gasteiger charge is -2.06. The standard InChI is InChI=1S/C21H16Cl2F2N6O/c22-13-5-1-11(2-6-13)9-30-10-14(23)20(29-30)27-21(32)16-8-18-26-15(12-3-4-12)7-17(19(24)25)31(18)28-16/h1-2,5-8,10,12,19H,3-4,9H2,(H,27,29,32). The summed E-state index contributed by atoms with van der Waals surface area (Å²) in [6.45, 7) is 0.423. The third-order valence-electron chi connectivity index (χ3n) is 5.13. The Balaban J connectivity index is 1.38. The van der Waals surface area contributed by atoms with Gasteiger partial charge in [0, 0.05) is 28.9 Å². The zero-order chi connectivity index (χ0) is 22.4. The summed E-state index contributed by atoms with van der Waals surface area (Å²) in [5.41, 5.74) is 1.40. The van der Waals surface area contributed by atoms with Gasteiger partial charge in [-0.2, -0.15) is 10.2 Å². The van der Waals surface area contributed by atoms with E-state index in [4.69, 9.17) is 23.2 Å². The Kier molecular flexibility index (Phi) is 5.30. The van der Waals surface area contributed by atoms with Crippen LogP contribution in [0.1, 0.15) is 52.6 Å². The van der Waals surface area contributed by atoms with E-state index in [0.29, 0.717) is 17.3 Å². The van der Waals surface area contributed by atoms with Crippen LogP contribution < -0.4 is 5.32 Å². The van der Waals surface area contributed by atoms with Crippen molar-refractivity contribution in [3.05, 3.63) is 75.3 Å². The highest BCUT2D eigenvalue weighted by atomic mass is 35.5. The predicted molar refractivity (Wildman–Crippen MR) is 116 cm³/mol. The van der Waals surface area contributed by atoms with Crippen molar-refractivity contribution in [3.63, 3.8) is 0 Å². The third-order valence-corrected chi connectivity index (χ3v) is 5.66. The first kappa shape index (κ1) is 20.8. The number of carbonyl (C=O) groups excluding carboxylic acids is 1. The van der Waals surface area contributed by atoms with E-state index in [9.17, 15) is 13.6 Å². The molecule has 0 spiro atoms. The molecule has 1 saturated carbocycles. The first-order valence-corrected chi connectivity index (χ1v) is 10.6. The van der Waals surface area contributed by atoms with E-state index in [1.54, 1.807) is 23.0 Å². The fourth-order valence-electron chi connectivity index (χ4n) is 3.38. The second-order valence-corrected chi connectivity index (χ2v) is 8.43. The number of hydrogen-bond donors (Lipinski definition) is 1. The van der Waals surface area contributed by atoms with Crippen molar-refractivity contribution < 1.29 is 13.6 Å². The molecule has 0 bridgehead atoms. The van der Waals surface area contributed by atoms with Gasteiger partial charge in [-0.3, -0.25) is 9.48 Å². The van der Waals surface area contributed by atoms with Crippen molar-refractivity contribution in [1.29, 1.82) is 0 Å². The molecular formula is C21H16Cl2F2N6O. The van der Waals surface area contributed by atoms with Gasteiger partial charge in [-0.15, -0.1) is 0 Å². The molecule has 0 radical (unpaired) electrons. The Morgan fingerprint density at radius 3 is 2.59 bits per heavy atom. The summed E-state index contributed by atoms with van der Waals surface area (Å²) in [6, 6.07) is 9.99. The van der Waals surface area contributed by atoms with Crippen molar-refractivity contribution in [2.75, 3.05) is 5.32 Å². The minimum absolute atomic E-state index is 0.0596. The Hall–Kier alpha value is -3.04. The monoisotopic (exact) mass is 476 g/mol. The number of carbonyl (C=O) groups is 1. The maximum atomic E-state index is 13.5. The summed E-state index contributed by atoms with van der Waals surface area (Å²) in [7, 11) is 0. The average molecular weight is 477 g/mol. The number of anilines is 1. The van der Waals surface area contributed by atoms with Gasteiger partial charge in [0.1, 0.15) is 10.7 Å². The summed E-state index contributed by atoms with van der Waals surface area (Å²) in [5, 5.41) is 11.8. The number of fused-ring (bicyclic) bond motifs is 1. The van der Waals surface area contributed by atoms with Crippen LogP contribution in [0.15, 0.2) is 42.6 Å². The van der Waals surface area contributed by atoms with Gasteiger partial charge in [-0.1, -0.05) is 35.3 Å². The highest BCUT2D eigenvalue weighted by Gasteiger charge is 2.28. The highest BCUT2D eigenvalue weighted by molar-refractivity contribution is 6.33. The van der Waals surface area contributed by atoms with Gasteiger partial charge in [-0.25, -0.2) is 18.3 Å². The van der Waals surface area contributed by atoms with Gasteiger partial charge in [-0.05, 0) is 36.6 Å². The van der Waals surface area contributed by atoms with Crippen molar-refractivity contribution in [1.82, 2.24) is 24.4 Å². The van der Waals surface area contributed by atoms with E-state index in [1.807, 2.05) is 12.1 Å². The summed E-state index contributed by atoms with van der Waals surface area (Å²) in [4.78, 5) is 17.1. The van der Waals surface area contributed by atoms with Crippen LogP contribution in [-0.2, 0) is 6.54 Å². The van der Waals surface area contributed by atoms with E-state index >= 15 is 0 Å². The zero-order valence-electron chi connectivity index (χ0n) is 16.5. The first-order valence-electron chi connectivity index (χ1n) is 9.85. The number of rotatable bonds is 6. The molecule has 11 heteroatoms. The molecule has 164 valence electrons. The molecule has 5 rings (SSSR count). The Labute approximate surface area is 191 Å². The molecule has 1 N–H and O–H groups in total. The van der Waals surface area contributed by atoms with E-state index < -0.39 is 12.3 Å². The lowest BCUT2D eigenvalue weighted by atomic mass is 10.2. The van der Waals surface area contributed by atoms with Gasteiger partial charge >= 0.3 is 0 Å². The second kappa shape index (κ2) is 8.14.